The summed E-state index contributed by atoms with van der Waals surface area (Å²) in [7, 11) is 0. The number of anilines is 1. The van der Waals surface area contributed by atoms with Gasteiger partial charge in [-0.05, 0) is 50.2 Å². The molecule has 3 fully saturated rings. The first-order chi connectivity index (χ1) is 15.1. The van der Waals surface area contributed by atoms with Crippen LogP contribution in [0.1, 0.15) is 87.4 Å². The molecule has 1 amide bonds. The van der Waals surface area contributed by atoms with E-state index < -0.39 is 5.97 Å². The lowest BCUT2D eigenvalue weighted by molar-refractivity contribution is -0.137. The van der Waals surface area contributed by atoms with Crippen LogP contribution in [0.3, 0.4) is 0 Å². The average Bonchev–Trinajstić information content (AvgIpc) is 3.23. The average molecular weight is 446 g/mol. The SMILES string of the molecule is O=C(O)CC1CCN(c2ccc(C(=O)NC3CCCCC3)c(SC3CCCCC3)n2)C1. The lowest BCUT2D eigenvalue weighted by Crippen LogP contribution is -2.36. The van der Waals surface area contributed by atoms with Crippen LogP contribution < -0.4 is 10.2 Å². The van der Waals surface area contributed by atoms with Crippen LogP contribution in [-0.4, -0.2) is 46.3 Å². The molecule has 1 aromatic heterocycles. The molecule has 2 aliphatic carbocycles. The molecule has 6 nitrogen and oxygen atoms in total. The van der Waals surface area contributed by atoms with Crippen LogP contribution in [0.25, 0.3) is 0 Å². The van der Waals surface area contributed by atoms with Crippen LogP contribution in [0.5, 0.6) is 0 Å². The fourth-order valence-corrected chi connectivity index (χ4v) is 6.49. The van der Waals surface area contributed by atoms with Crippen molar-refractivity contribution in [1.29, 1.82) is 0 Å². The van der Waals surface area contributed by atoms with Gasteiger partial charge in [-0.25, -0.2) is 4.98 Å². The molecule has 2 N–H and O–H groups in total. The number of carboxylic acid groups (broad SMARTS) is 1. The fourth-order valence-electron chi connectivity index (χ4n) is 5.17. The van der Waals surface area contributed by atoms with Crippen LogP contribution in [-0.2, 0) is 4.79 Å². The minimum Gasteiger partial charge on any atom is -0.481 e. The van der Waals surface area contributed by atoms with Gasteiger partial charge in [0.1, 0.15) is 10.8 Å². The number of thioether (sulfide) groups is 1. The molecule has 1 unspecified atom stereocenters. The maximum absolute atomic E-state index is 13.1. The van der Waals surface area contributed by atoms with E-state index in [2.05, 4.69) is 10.2 Å². The smallest absolute Gasteiger partial charge is 0.303 e. The zero-order valence-electron chi connectivity index (χ0n) is 18.4. The van der Waals surface area contributed by atoms with Crippen LogP contribution in [0.15, 0.2) is 17.2 Å². The predicted octanol–water partition coefficient (Wildman–Crippen LogP) is 4.87. The van der Waals surface area contributed by atoms with Crippen LogP contribution in [0.2, 0.25) is 0 Å². The fraction of sp³-hybridized carbons (Fsp3) is 0.708. The largest absolute Gasteiger partial charge is 0.481 e. The van der Waals surface area contributed by atoms with Gasteiger partial charge in [0, 0.05) is 30.8 Å². The molecule has 4 rings (SSSR count). The van der Waals surface area contributed by atoms with Gasteiger partial charge in [-0.15, -0.1) is 11.8 Å². The maximum atomic E-state index is 13.1. The third kappa shape index (κ3) is 6.15. The molecule has 0 spiro atoms. The van der Waals surface area contributed by atoms with E-state index in [1.165, 1.54) is 51.4 Å². The minimum absolute atomic E-state index is 0.00874. The molecular weight excluding hydrogens is 410 g/mol. The zero-order valence-corrected chi connectivity index (χ0v) is 19.2. The summed E-state index contributed by atoms with van der Waals surface area (Å²) in [6.45, 7) is 1.55. The molecule has 1 aliphatic heterocycles. The summed E-state index contributed by atoms with van der Waals surface area (Å²) in [6, 6.07) is 4.17. The standard InChI is InChI=1S/C24H35N3O3S/c28-22(29)15-17-13-14-27(16-17)21-12-11-20(23(30)25-18-7-3-1-4-8-18)24(26-21)31-19-9-5-2-6-10-19/h11-12,17-19H,1-10,13-16H2,(H,25,30)(H,28,29). The molecule has 2 saturated carbocycles. The Balaban J connectivity index is 1.50. The van der Waals surface area contributed by atoms with Crippen molar-refractivity contribution in [3.05, 3.63) is 17.7 Å². The number of aliphatic carboxylic acids is 1. The second-order valence-corrected chi connectivity index (χ2v) is 10.7. The molecule has 0 bridgehead atoms. The Kier molecular flexibility index (Phi) is 7.75. The second-order valence-electron chi connectivity index (χ2n) is 9.41. The number of carbonyl (C=O) groups is 2. The number of carbonyl (C=O) groups excluding carboxylic acids is 1. The molecular formula is C24H35N3O3S. The van der Waals surface area contributed by atoms with Gasteiger partial charge in [0.2, 0.25) is 0 Å². The molecule has 1 saturated heterocycles. The van der Waals surface area contributed by atoms with Crippen LogP contribution in [0, 0.1) is 5.92 Å². The Labute approximate surface area is 189 Å². The maximum Gasteiger partial charge on any atom is 0.303 e. The van der Waals surface area contributed by atoms with E-state index >= 15 is 0 Å². The van der Waals surface area contributed by atoms with E-state index in [1.807, 2.05) is 12.1 Å². The molecule has 3 aliphatic rings. The third-order valence-corrected chi connectivity index (χ3v) is 8.27. The van der Waals surface area contributed by atoms with E-state index in [0.29, 0.717) is 10.8 Å². The highest BCUT2D eigenvalue weighted by atomic mass is 32.2. The summed E-state index contributed by atoms with van der Waals surface area (Å²) in [6.07, 6.45) is 13.1. The summed E-state index contributed by atoms with van der Waals surface area (Å²) in [5.74, 6) is 0.320. The highest BCUT2D eigenvalue weighted by Crippen LogP contribution is 2.36. The quantitative estimate of drug-likeness (QED) is 0.623. The minimum atomic E-state index is -0.733. The Hall–Kier alpha value is -1.76. The predicted molar refractivity (Wildman–Crippen MR) is 124 cm³/mol. The molecule has 0 aromatic carbocycles. The van der Waals surface area contributed by atoms with Crippen molar-refractivity contribution in [3.8, 4) is 0 Å². The number of pyridine rings is 1. The van der Waals surface area contributed by atoms with Gasteiger partial charge in [0.05, 0.1) is 5.56 Å². The number of nitrogens with zero attached hydrogens (tertiary/aromatic N) is 2. The summed E-state index contributed by atoms with van der Waals surface area (Å²) >= 11 is 1.77. The topological polar surface area (TPSA) is 82.5 Å². The number of aromatic nitrogens is 1. The van der Waals surface area contributed by atoms with Crippen molar-refractivity contribution in [2.24, 2.45) is 5.92 Å². The molecule has 2 heterocycles. The number of amides is 1. The molecule has 170 valence electrons. The van der Waals surface area contributed by atoms with Crippen molar-refractivity contribution in [2.45, 2.75) is 93.4 Å². The van der Waals surface area contributed by atoms with E-state index in [9.17, 15) is 9.59 Å². The van der Waals surface area contributed by atoms with Crippen molar-refractivity contribution >= 4 is 29.5 Å². The van der Waals surface area contributed by atoms with E-state index in [-0.39, 0.29) is 24.3 Å². The van der Waals surface area contributed by atoms with Crippen molar-refractivity contribution in [2.75, 3.05) is 18.0 Å². The first kappa shape index (κ1) is 22.4. The van der Waals surface area contributed by atoms with Gasteiger partial charge in [-0.2, -0.15) is 0 Å². The number of hydrogen-bond donors (Lipinski definition) is 2. The van der Waals surface area contributed by atoms with Gasteiger partial charge in [0.15, 0.2) is 0 Å². The van der Waals surface area contributed by atoms with Gasteiger partial charge in [-0.1, -0.05) is 38.5 Å². The first-order valence-electron chi connectivity index (χ1n) is 12.0. The van der Waals surface area contributed by atoms with E-state index in [1.54, 1.807) is 11.8 Å². The van der Waals surface area contributed by atoms with Gasteiger partial charge in [0.25, 0.3) is 5.91 Å². The molecule has 0 radical (unpaired) electrons. The molecule has 1 atom stereocenters. The number of nitrogens with one attached hydrogen (secondary N) is 1. The summed E-state index contributed by atoms with van der Waals surface area (Å²) < 4.78 is 0. The lowest BCUT2D eigenvalue weighted by Gasteiger charge is -2.25. The number of carboxylic acids is 1. The first-order valence-corrected chi connectivity index (χ1v) is 12.9. The Morgan fingerprint density at radius 3 is 2.45 bits per heavy atom. The normalized spacial score (nSPS) is 23.1. The molecule has 1 aromatic rings. The van der Waals surface area contributed by atoms with Gasteiger partial charge >= 0.3 is 5.97 Å². The second kappa shape index (κ2) is 10.7. The van der Waals surface area contributed by atoms with Gasteiger partial charge in [-0.3, -0.25) is 9.59 Å². The monoisotopic (exact) mass is 445 g/mol. The van der Waals surface area contributed by atoms with Gasteiger partial charge < -0.3 is 15.3 Å². The third-order valence-electron chi connectivity index (χ3n) is 6.93. The highest BCUT2D eigenvalue weighted by molar-refractivity contribution is 7.99. The summed E-state index contributed by atoms with van der Waals surface area (Å²) in [5.41, 5.74) is 0.700. The molecule has 7 heteroatoms. The Morgan fingerprint density at radius 1 is 1.03 bits per heavy atom. The van der Waals surface area contributed by atoms with Crippen LogP contribution >= 0.6 is 11.8 Å². The Morgan fingerprint density at radius 2 is 1.74 bits per heavy atom. The Bertz CT molecular complexity index is 775. The summed E-state index contributed by atoms with van der Waals surface area (Å²) in [4.78, 5) is 31.4. The summed E-state index contributed by atoms with van der Waals surface area (Å²) in [5, 5.41) is 13.7. The van der Waals surface area contributed by atoms with Crippen molar-refractivity contribution in [3.63, 3.8) is 0 Å². The van der Waals surface area contributed by atoms with Crippen molar-refractivity contribution in [1.82, 2.24) is 10.3 Å². The number of hydrogen-bond acceptors (Lipinski definition) is 5. The highest BCUT2D eigenvalue weighted by Gasteiger charge is 2.28. The van der Waals surface area contributed by atoms with E-state index in [0.717, 1.165) is 43.2 Å². The lowest BCUT2D eigenvalue weighted by atomic mass is 9.95. The van der Waals surface area contributed by atoms with Crippen LogP contribution in [0.4, 0.5) is 5.82 Å². The van der Waals surface area contributed by atoms with E-state index in [4.69, 9.17) is 10.1 Å². The molecule has 31 heavy (non-hydrogen) atoms. The van der Waals surface area contributed by atoms with Crippen molar-refractivity contribution < 1.29 is 14.7 Å². The zero-order chi connectivity index (χ0) is 21.6. The number of rotatable bonds is 7.